The Morgan fingerprint density at radius 3 is 2.67 bits per heavy atom. The lowest BCUT2D eigenvalue weighted by molar-refractivity contribution is 0.190. The van der Waals surface area contributed by atoms with Crippen LogP contribution < -0.4 is 5.32 Å². The molecule has 2 rings (SSSR count). The van der Waals surface area contributed by atoms with Gasteiger partial charge in [-0.05, 0) is 49.3 Å². The first kappa shape index (κ1) is 13.9. The fraction of sp³-hybridized carbons (Fsp3) is 0.600. The zero-order chi connectivity index (χ0) is 12.8. The summed E-state index contributed by atoms with van der Waals surface area (Å²) in [5, 5.41) is 4.43. The monoisotopic (exact) mass is 267 g/mol. The van der Waals surface area contributed by atoms with E-state index in [0.717, 1.165) is 37.1 Å². The van der Waals surface area contributed by atoms with Gasteiger partial charge < -0.3 is 10.1 Å². The lowest BCUT2D eigenvalue weighted by Gasteiger charge is -2.18. The minimum atomic E-state index is 0.568. The van der Waals surface area contributed by atoms with E-state index in [1.807, 2.05) is 12.1 Å². The van der Waals surface area contributed by atoms with Crippen molar-refractivity contribution in [2.75, 3.05) is 20.3 Å². The van der Waals surface area contributed by atoms with Gasteiger partial charge in [-0.25, -0.2) is 0 Å². The summed E-state index contributed by atoms with van der Waals surface area (Å²) in [7, 11) is 1.76. The minimum Gasteiger partial charge on any atom is -0.385 e. The summed E-state index contributed by atoms with van der Waals surface area (Å²) in [6.45, 7) is 1.91. The molecule has 1 aromatic rings. The zero-order valence-electron chi connectivity index (χ0n) is 11.0. The third-order valence-corrected chi connectivity index (χ3v) is 3.72. The molecule has 0 saturated heterocycles. The molecule has 18 heavy (non-hydrogen) atoms. The number of hydrogen-bond donors (Lipinski definition) is 1. The van der Waals surface area contributed by atoms with Crippen LogP contribution >= 0.6 is 11.6 Å². The van der Waals surface area contributed by atoms with Crippen molar-refractivity contribution in [2.24, 2.45) is 0 Å². The number of halogens is 1. The predicted octanol–water partition coefficient (Wildman–Crippen LogP) is 3.60. The number of benzene rings is 1. The molecule has 1 fully saturated rings. The highest BCUT2D eigenvalue weighted by atomic mass is 35.5. The van der Waals surface area contributed by atoms with Crippen molar-refractivity contribution in [2.45, 2.75) is 37.6 Å². The van der Waals surface area contributed by atoms with Gasteiger partial charge in [0.2, 0.25) is 0 Å². The van der Waals surface area contributed by atoms with Crippen LogP contribution in [0.5, 0.6) is 0 Å². The maximum absolute atomic E-state index is 5.95. The van der Waals surface area contributed by atoms with Crippen molar-refractivity contribution in [3.8, 4) is 0 Å². The van der Waals surface area contributed by atoms with E-state index in [0.29, 0.717) is 5.92 Å². The Balaban J connectivity index is 1.90. The second kappa shape index (κ2) is 7.13. The predicted molar refractivity (Wildman–Crippen MR) is 76.3 cm³/mol. The minimum absolute atomic E-state index is 0.568. The lowest BCUT2D eigenvalue weighted by atomic mass is 9.94. The van der Waals surface area contributed by atoms with Gasteiger partial charge in [0.25, 0.3) is 0 Å². The van der Waals surface area contributed by atoms with E-state index in [1.165, 1.54) is 18.4 Å². The van der Waals surface area contributed by atoms with E-state index in [9.17, 15) is 0 Å². The molecule has 1 aromatic carbocycles. The molecule has 1 saturated carbocycles. The van der Waals surface area contributed by atoms with Gasteiger partial charge in [-0.15, -0.1) is 0 Å². The summed E-state index contributed by atoms with van der Waals surface area (Å²) in [5.41, 5.74) is 1.38. The number of hydrogen-bond acceptors (Lipinski definition) is 2. The second-order valence-electron chi connectivity index (χ2n) is 5.07. The Morgan fingerprint density at radius 1 is 1.33 bits per heavy atom. The van der Waals surface area contributed by atoms with Gasteiger partial charge in [0.05, 0.1) is 0 Å². The smallest absolute Gasteiger partial charge is 0.0462 e. The van der Waals surface area contributed by atoms with Gasteiger partial charge in [0.15, 0.2) is 0 Å². The van der Waals surface area contributed by atoms with Crippen LogP contribution in [0.3, 0.4) is 0 Å². The van der Waals surface area contributed by atoms with Crippen LogP contribution in [0.25, 0.3) is 0 Å². The van der Waals surface area contributed by atoms with Crippen molar-refractivity contribution in [1.82, 2.24) is 5.32 Å². The molecule has 0 spiro atoms. The SMILES string of the molecule is COCCCC(CNC1CC1)c1ccc(Cl)cc1. The summed E-state index contributed by atoms with van der Waals surface area (Å²) in [4.78, 5) is 0. The average Bonchev–Trinajstić information content (AvgIpc) is 3.19. The molecule has 100 valence electrons. The number of rotatable bonds is 8. The standard InChI is InChI=1S/C15H22ClNO/c1-18-10-2-3-13(11-17-15-8-9-15)12-4-6-14(16)7-5-12/h4-7,13,15,17H,2-3,8-11H2,1H3. The summed E-state index contributed by atoms with van der Waals surface area (Å²) in [6, 6.07) is 9.03. The molecule has 2 nitrogen and oxygen atoms in total. The maximum atomic E-state index is 5.95. The Morgan fingerprint density at radius 2 is 2.06 bits per heavy atom. The van der Waals surface area contributed by atoms with Gasteiger partial charge in [-0.3, -0.25) is 0 Å². The molecule has 0 bridgehead atoms. The summed E-state index contributed by atoms with van der Waals surface area (Å²) in [5.74, 6) is 0.568. The van der Waals surface area contributed by atoms with Crippen molar-refractivity contribution in [3.63, 3.8) is 0 Å². The van der Waals surface area contributed by atoms with Crippen LogP contribution in [-0.4, -0.2) is 26.3 Å². The molecule has 0 aromatic heterocycles. The van der Waals surface area contributed by atoms with Gasteiger partial charge >= 0.3 is 0 Å². The van der Waals surface area contributed by atoms with E-state index in [2.05, 4.69) is 17.4 Å². The fourth-order valence-corrected chi connectivity index (χ4v) is 2.32. The van der Waals surface area contributed by atoms with Crippen LogP contribution in [-0.2, 0) is 4.74 Å². The van der Waals surface area contributed by atoms with Crippen LogP contribution in [0.15, 0.2) is 24.3 Å². The molecular formula is C15H22ClNO. The second-order valence-corrected chi connectivity index (χ2v) is 5.50. The Hall–Kier alpha value is -0.570. The quantitative estimate of drug-likeness (QED) is 0.727. The molecule has 0 aliphatic heterocycles. The van der Waals surface area contributed by atoms with Crippen LogP contribution in [0.4, 0.5) is 0 Å². The number of ether oxygens (including phenoxy) is 1. The van der Waals surface area contributed by atoms with Gasteiger partial charge in [-0.2, -0.15) is 0 Å². The first-order valence-corrected chi connectivity index (χ1v) is 7.15. The van der Waals surface area contributed by atoms with E-state index in [-0.39, 0.29) is 0 Å². The highest BCUT2D eigenvalue weighted by Gasteiger charge is 2.22. The molecule has 3 heteroatoms. The number of methoxy groups -OCH3 is 1. The largest absolute Gasteiger partial charge is 0.385 e. The van der Waals surface area contributed by atoms with E-state index >= 15 is 0 Å². The van der Waals surface area contributed by atoms with E-state index in [4.69, 9.17) is 16.3 Å². The average molecular weight is 268 g/mol. The third-order valence-electron chi connectivity index (χ3n) is 3.47. The normalized spacial score (nSPS) is 16.8. The fourth-order valence-electron chi connectivity index (χ4n) is 2.19. The molecule has 0 heterocycles. The third kappa shape index (κ3) is 4.60. The van der Waals surface area contributed by atoms with Crippen LogP contribution in [0.1, 0.15) is 37.2 Å². The number of nitrogens with one attached hydrogen (secondary N) is 1. The van der Waals surface area contributed by atoms with Crippen molar-refractivity contribution in [1.29, 1.82) is 0 Å². The Kier molecular flexibility index (Phi) is 5.48. The molecule has 1 aliphatic rings. The molecule has 0 amide bonds. The molecule has 1 unspecified atom stereocenters. The molecule has 1 N–H and O–H groups in total. The molecule has 1 atom stereocenters. The maximum Gasteiger partial charge on any atom is 0.0462 e. The molecule has 1 aliphatic carbocycles. The van der Waals surface area contributed by atoms with Gasteiger partial charge in [0.1, 0.15) is 0 Å². The molecule has 0 radical (unpaired) electrons. The van der Waals surface area contributed by atoms with Crippen molar-refractivity contribution < 1.29 is 4.74 Å². The topological polar surface area (TPSA) is 21.3 Å². The first-order valence-electron chi connectivity index (χ1n) is 6.77. The van der Waals surface area contributed by atoms with Gasteiger partial charge in [-0.1, -0.05) is 23.7 Å². The van der Waals surface area contributed by atoms with E-state index in [1.54, 1.807) is 7.11 Å². The Labute approximate surface area is 115 Å². The summed E-state index contributed by atoms with van der Waals surface area (Å²) < 4.78 is 5.14. The van der Waals surface area contributed by atoms with Crippen LogP contribution in [0, 0.1) is 0 Å². The molecular weight excluding hydrogens is 246 g/mol. The van der Waals surface area contributed by atoms with Crippen molar-refractivity contribution >= 4 is 11.6 Å². The highest BCUT2D eigenvalue weighted by molar-refractivity contribution is 6.30. The van der Waals surface area contributed by atoms with Gasteiger partial charge in [0, 0.05) is 31.3 Å². The van der Waals surface area contributed by atoms with Crippen LogP contribution in [0.2, 0.25) is 5.02 Å². The summed E-state index contributed by atoms with van der Waals surface area (Å²) in [6.07, 6.45) is 4.95. The zero-order valence-corrected chi connectivity index (χ0v) is 11.7. The first-order chi connectivity index (χ1) is 8.79. The summed E-state index contributed by atoms with van der Waals surface area (Å²) >= 11 is 5.95. The highest BCUT2D eigenvalue weighted by Crippen LogP contribution is 2.25. The lowest BCUT2D eigenvalue weighted by Crippen LogP contribution is -2.23. The van der Waals surface area contributed by atoms with Crippen molar-refractivity contribution in [3.05, 3.63) is 34.9 Å². The van der Waals surface area contributed by atoms with E-state index < -0.39 is 0 Å². The Bertz CT molecular complexity index is 348.